The zero-order valence-electron chi connectivity index (χ0n) is 29.8. The largest absolute Gasteiger partial charge is 0.212 e. The van der Waals surface area contributed by atoms with Crippen molar-refractivity contribution in [3.05, 3.63) is 187 Å². The number of benzene rings is 7. The summed E-state index contributed by atoms with van der Waals surface area (Å²) in [6.07, 6.45) is 9.39. The second kappa shape index (κ2) is 12.4. The van der Waals surface area contributed by atoms with Crippen LogP contribution in [0.5, 0.6) is 0 Å². The smallest absolute Gasteiger partial charge is 0.163 e. The van der Waals surface area contributed by atoms with Crippen LogP contribution in [0, 0.1) is 0 Å². The van der Waals surface area contributed by atoms with Gasteiger partial charge in [-0.15, -0.1) is 0 Å². The van der Waals surface area contributed by atoms with Gasteiger partial charge in [-0.1, -0.05) is 166 Å². The van der Waals surface area contributed by atoms with E-state index in [9.17, 15) is 0 Å². The van der Waals surface area contributed by atoms with Gasteiger partial charge in [0.15, 0.2) is 11.6 Å². The Bertz CT molecular complexity index is 2790. The van der Waals surface area contributed by atoms with E-state index in [-0.39, 0.29) is 11.3 Å². The number of hydrogen-bond donors (Lipinski definition) is 0. The summed E-state index contributed by atoms with van der Waals surface area (Å²) in [7, 11) is 0. The maximum absolute atomic E-state index is 5.05. The number of allylic oxidation sites excluding steroid dienone is 4. The molecular formula is C50H37N3. The van der Waals surface area contributed by atoms with Gasteiger partial charge < -0.3 is 0 Å². The van der Waals surface area contributed by atoms with Crippen molar-refractivity contribution >= 4 is 21.5 Å². The molecule has 53 heavy (non-hydrogen) atoms. The molecule has 2 aliphatic rings. The highest BCUT2D eigenvalue weighted by atomic mass is 15.0. The van der Waals surface area contributed by atoms with Crippen LogP contribution in [0.1, 0.15) is 43.1 Å². The van der Waals surface area contributed by atoms with E-state index in [4.69, 9.17) is 15.0 Å². The average Bonchev–Trinajstić information content (AvgIpc) is 3.47. The van der Waals surface area contributed by atoms with Crippen molar-refractivity contribution in [2.75, 3.05) is 0 Å². The molecule has 8 aromatic rings. The predicted octanol–water partition coefficient (Wildman–Crippen LogP) is 12.8. The lowest BCUT2D eigenvalue weighted by Crippen LogP contribution is -2.15. The van der Waals surface area contributed by atoms with Crippen LogP contribution in [0.15, 0.2) is 170 Å². The molecule has 0 fully saturated rings. The average molecular weight is 680 g/mol. The Kier molecular flexibility index (Phi) is 7.29. The molecule has 252 valence electrons. The highest BCUT2D eigenvalue weighted by Gasteiger charge is 2.38. The minimum Gasteiger partial charge on any atom is -0.212 e. The molecule has 0 saturated carbocycles. The first-order valence-corrected chi connectivity index (χ1v) is 18.5. The molecule has 0 aliphatic heterocycles. The second-order valence-corrected chi connectivity index (χ2v) is 14.8. The van der Waals surface area contributed by atoms with E-state index in [2.05, 4.69) is 166 Å². The van der Waals surface area contributed by atoms with Crippen LogP contribution in [0.25, 0.3) is 77.7 Å². The van der Waals surface area contributed by atoms with Crippen LogP contribution in [0.2, 0.25) is 0 Å². The van der Waals surface area contributed by atoms with E-state index in [1.807, 2.05) is 18.2 Å². The van der Waals surface area contributed by atoms with Crippen molar-refractivity contribution in [3.63, 3.8) is 0 Å². The van der Waals surface area contributed by atoms with Crippen molar-refractivity contribution in [3.8, 4) is 56.2 Å². The van der Waals surface area contributed by atoms with Crippen LogP contribution < -0.4 is 0 Å². The Labute approximate surface area is 310 Å². The summed E-state index contributed by atoms with van der Waals surface area (Å²) in [6.45, 7) is 4.76. The molecular weight excluding hydrogens is 643 g/mol. The number of fused-ring (bicyclic) bond motifs is 8. The molecule has 1 unspecified atom stereocenters. The van der Waals surface area contributed by atoms with E-state index in [1.54, 1.807) is 0 Å². The van der Waals surface area contributed by atoms with Gasteiger partial charge in [-0.3, -0.25) is 0 Å². The van der Waals surface area contributed by atoms with E-state index < -0.39 is 0 Å². The zero-order valence-corrected chi connectivity index (χ0v) is 29.8. The lowest BCUT2D eigenvalue weighted by molar-refractivity contribution is 0.666. The quantitative estimate of drug-likeness (QED) is 0.170. The first-order chi connectivity index (χ1) is 26.0. The van der Waals surface area contributed by atoms with Gasteiger partial charge in [-0.05, 0) is 90.7 Å². The second-order valence-electron chi connectivity index (χ2n) is 14.8. The van der Waals surface area contributed by atoms with E-state index >= 15 is 0 Å². The van der Waals surface area contributed by atoms with Crippen molar-refractivity contribution in [2.45, 2.75) is 31.6 Å². The maximum Gasteiger partial charge on any atom is 0.163 e. The van der Waals surface area contributed by atoms with E-state index in [1.165, 1.54) is 54.9 Å². The van der Waals surface area contributed by atoms with Crippen LogP contribution in [-0.4, -0.2) is 15.0 Å². The summed E-state index contributed by atoms with van der Waals surface area (Å²) >= 11 is 0. The Morgan fingerprint density at radius 1 is 0.491 bits per heavy atom. The number of aromatic nitrogens is 3. The highest BCUT2D eigenvalue weighted by Crippen LogP contribution is 2.55. The molecule has 0 saturated heterocycles. The lowest BCUT2D eigenvalue weighted by Gasteiger charge is -2.24. The van der Waals surface area contributed by atoms with Crippen LogP contribution >= 0.6 is 0 Å². The molecule has 0 N–H and O–H groups in total. The molecule has 7 aromatic carbocycles. The Morgan fingerprint density at radius 3 is 1.75 bits per heavy atom. The van der Waals surface area contributed by atoms with Crippen molar-refractivity contribution in [1.29, 1.82) is 0 Å². The van der Waals surface area contributed by atoms with Gasteiger partial charge in [-0.25, -0.2) is 15.0 Å². The fraction of sp³-hybridized carbons (Fsp3) is 0.100. The normalized spacial score (nSPS) is 15.5. The molecule has 10 rings (SSSR count). The summed E-state index contributed by atoms with van der Waals surface area (Å²) < 4.78 is 0. The van der Waals surface area contributed by atoms with Gasteiger partial charge in [0.05, 0.1) is 0 Å². The molecule has 0 amide bonds. The van der Waals surface area contributed by atoms with Crippen LogP contribution in [-0.2, 0) is 5.41 Å². The van der Waals surface area contributed by atoms with Gasteiger partial charge in [0.2, 0.25) is 0 Å². The number of rotatable bonds is 5. The molecule has 0 bridgehead atoms. The first kappa shape index (κ1) is 31.3. The zero-order chi connectivity index (χ0) is 35.5. The van der Waals surface area contributed by atoms with Crippen molar-refractivity contribution in [2.24, 2.45) is 0 Å². The molecule has 0 spiro atoms. The topological polar surface area (TPSA) is 38.7 Å². The van der Waals surface area contributed by atoms with Gasteiger partial charge in [0, 0.05) is 22.5 Å². The summed E-state index contributed by atoms with van der Waals surface area (Å²) in [4.78, 5) is 15.0. The molecule has 3 heteroatoms. The summed E-state index contributed by atoms with van der Waals surface area (Å²) in [5.41, 5.74) is 12.0. The molecule has 1 aromatic heterocycles. The van der Waals surface area contributed by atoms with E-state index in [0.717, 1.165) is 34.5 Å². The molecule has 2 aliphatic carbocycles. The van der Waals surface area contributed by atoms with Gasteiger partial charge in [0.1, 0.15) is 5.82 Å². The van der Waals surface area contributed by atoms with Crippen molar-refractivity contribution < 1.29 is 0 Å². The third kappa shape index (κ3) is 5.23. The molecule has 0 radical (unpaired) electrons. The minimum atomic E-state index is -0.117. The third-order valence-corrected chi connectivity index (χ3v) is 11.2. The third-order valence-electron chi connectivity index (χ3n) is 11.2. The Hall–Kier alpha value is -6.45. The Balaban J connectivity index is 1.06. The highest BCUT2D eigenvalue weighted by molar-refractivity contribution is 6.18. The standard InChI is InChI=1S/C50H37N3/c1-50(2)44-28-27-37(31-43(44)45-41-25-11-9-23-39(41)40-24-10-12-26-42(40)46(45)50)35-20-13-19-34(29-35)36-21-14-22-38(30-36)49-52-47(32-15-5-3-6-16-32)51-48(53-49)33-17-7-4-8-18-33/h3-17,19-31,33H,18H2,1-2H3. The fourth-order valence-corrected chi connectivity index (χ4v) is 8.57. The fourth-order valence-electron chi connectivity index (χ4n) is 8.57. The monoisotopic (exact) mass is 679 g/mol. The van der Waals surface area contributed by atoms with E-state index in [0.29, 0.717) is 11.6 Å². The van der Waals surface area contributed by atoms with Crippen LogP contribution in [0.4, 0.5) is 0 Å². The van der Waals surface area contributed by atoms with Crippen LogP contribution in [0.3, 0.4) is 0 Å². The van der Waals surface area contributed by atoms with Gasteiger partial charge in [0.25, 0.3) is 0 Å². The SMILES string of the molecule is CC1(C)c2ccc(-c3cccc(-c4cccc(-c5nc(-c6ccccc6)nc(C6C=CC=CC6)n5)c4)c3)cc2-c2c1c1ccccc1c1ccccc21. The summed E-state index contributed by atoms with van der Waals surface area (Å²) in [5.74, 6) is 2.30. The molecule has 1 atom stereocenters. The molecule has 1 heterocycles. The summed E-state index contributed by atoms with van der Waals surface area (Å²) in [5, 5.41) is 5.30. The lowest BCUT2D eigenvalue weighted by atomic mass is 9.79. The predicted molar refractivity (Wildman–Crippen MR) is 220 cm³/mol. The first-order valence-electron chi connectivity index (χ1n) is 18.5. The minimum absolute atomic E-state index is 0.116. The Morgan fingerprint density at radius 2 is 1.06 bits per heavy atom. The van der Waals surface area contributed by atoms with Gasteiger partial charge in [-0.2, -0.15) is 0 Å². The van der Waals surface area contributed by atoms with Crippen molar-refractivity contribution in [1.82, 2.24) is 15.0 Å². The summed E-state index contributed by atoms with van der Waals surface area (Å²) in [6, 6.07) is 52.6. The number of nitrogens with zero attached hydrogens (tertiary/aromatic N) is 3. The number of hydrogen-bond acceptors (Lipinski definition) is 3. The molecule has 3 nitrogen and oxygen atoms in total. The maximum atomic E-state index is 5.05. The van der Waals surface area contributed by atoms with Gasteiger partial charge >= 0.3 is 0 Å².